The Morgan fingerprint density at radius 2 is 2.11 bits per heavy atom. The Morgan fingerprint density at radius 1 is 1.37 bits per heavy atom. The van der Waals surface area contributed by atoms with Crippen molar-refractivity contribution < 1.29 is 4.74 Å². The molecule has 1 rings (SSSR count). The van der Waals surface area contributed by atoms with E-state index in [4.69, 9.17) is 4.74 Å². The second-order valence-corrected chi connectivity index (χ2v) is 5.44. The molecule has 0 aliphatic heterocycles. The molecule has 0 spiro atoms. The molecule has 0 aliphatic rings. The number of benzene rings is 1. The second kappa shape index (κ2) is 8.69. The van der Waals surface area contributed by atoms with Crippen LogP contribution in [-0.2, 0) is 6.54 Å². The van der Waals surface area contributed by atoms with Crippen LogP contribution in [0.25, 0.3) is 0 Å². The summed E-state index contributed by atoms with van der Waals surface area (Å²) >= 11 is 1.83. The highest BCUT2D eigenvalue weighted by Crippen LogP contribution is 2.16. The molecule has 0 amide bonds. The molecule has 1 atom stereocenters. The van der Waals surface area contributed by atoms with Gasteiger partial charge in [0.2, 0.25) is 0 Å². The maximum Gasteiger partial charge on any atom is 0.191 e. The fourth-order valence-electron chi connectivity index (χ4n) is 1.57. The Balaban J connectivity index is 2.49. The first-order valence-corrected chi connectivity index (χ1v) is 7.59. The molecule has 106 valence electrons. The predicted molar refractivity (Wildman–Crippen MR) is 84.2 cm³/mol. The average molecular weight is 281 g/mol. The summed E-state index contributed by atoms with van der Waals surface area (Å²) in [6.07, 6.45) is 2.11. The van der Waals surface area contributed by atoms with Crippen LogP contribution in [0.1, 0.15) is 12.5 Å². The number of hydrogen-bond donors (Lipinski definition) is 2. The first-order chi connectivity index (χ1) is 9.21. The average Bonchev–Trinajstić information content (AvgIpc) is 2.47. The summed E-state index contributed by atoms with van der Waals surface area (Å²) in [7, 11) is 3.47. The third kappa shape index (κ3) is 5.42. The van der Waals surface area contributed by atoms with E-state index < -0.39 is 0 Å². The van der Waals surface area contributed by atoms with Crippen LogP contribution in [0.5, 0.6) is 5.75 Å². The summed E-state index contributed by atoms with van der Waals surface area (Å²) in [6.45, 7) is 3.77. The van der Waals surface area contributed by atoms with Crippen molar-refractivity contribution in [2.75, 3.05) is 27.0 Å². The maximum atomic E-state index is 5.32. The Hall–Kier alpha value is -1.36. The molecule has 0 radical (unpaired) electrons. The summed E-state index contributed by atoms with van der Waals surface area (Å²) in [5.74, 6) is 1.70. The Kier molecular flexibility index (Phi) is 7.18. The van der Waals surface area contributed by atoms with E-state index in [0.29, 0.717) is 11.8 Å². The number of thioether (sulfide) groups is 1. The zero-order valence-corrected chi connectivity index (χ0v) is 12.9. The van der Waals surface area contributed by atoms with Gasteiger partial charge >= 0.3 is 0 Å². The summed E-state index contributed by atoms with van der Waals surface area (Å²) < 4.78 is 5.32. The van der Waals surface area contributed by atoms with Gasteiger partial charge in [-0.3, -0.25) is 4.99 Å². The van der Waals surface area contributed by atoms with Crippen LogP contribution in [0.2, 0.25) is 0 Å². The van der Waals surface area contributed by atoms with Gasteiger partial charge in [-0.1, -0.05) is 25.1 Å². The van der Waals surface area contributed by atoms with Gasteiger partial charge in [-0.15, -0.1) is 0 Å². The Bertz CT molecular complexity index is 409. The monoisotopic (exact) mass is 281 g/mol. The van der Waals surface area contributed by atoms with Crippen LogP contribution in [0.15, 0.2) is 29.3 Å². The topological polar surface area (TPSA) is 45.7 Å². The fourth-order valence-corrected chi connectivity index (χ4v) is 1.82. The van der Waals surface area contributed by atoms with Crippen molar-refractivity contribution >= 4 is 17.7 Å². The highest BCUT2D eigenvalue weighted by molar-refractivity contribution is 7.99. The molecule has 0 saturated heterocycles. The van der Waals surface area contributed by atoms with Crippen LogP contribution in [-0.4, -0.2) is 38.2 Å². The molecule has 5 heteroatoms. The lowest BCUT2D eigenvalue weighted by atomic mass is 10.2. The summed E-state index contributed by atoms with van der Waals surface area (Å²) in [4.78, 5) is 4.21. The third-order valence-electron chi connectivity index (χ3n) is 2.82. The van der Waals surface area contributed by atoms with E-state index in [2.05, 4.69) is 28.8 Å². The van der Waals surface area contributed by atoms with Crippen LogP contribution >= 0.6 is 11.8 Å². The van der Waals surface area contributed by atoms with Gasteiger partial charge in [-0.2, -0.15) is 11.8 Å². The van der Waals surface area contributed by atoms with Crippen molar-refractivity contribution in [1.29, 1.82) is 0 Å². The van der Waals surface area contributed by atoms with Gasteiger partial charge in [0.25, 0.3) is 0 Å². The van der Waals surface area contributed by atoms with Crippen LogP contribution < -0.4 is 15.4 Å². The number of methoxy groups -OCH3 is 1. The number of ether oxygens (including phenoxy) is 1. The number of rotatable bonds is 6. The van der Waals surface area contributed by atoms with Crippen molar-refractivity contribution in [3.8, 4) is 5.75 Å². The first kappa shape index (κ1) is 15.7. The van der Waals surface area contributed by atoms with E-state index in [1.807, 2.05) is 36.0 Å². The van der Waals surface area contributed by atoms with Crippen molar-refractivity contribution in [2.24, 2.45) is 4.99 Å². The van der Waals surface area contributed by atoms with Crippen molar-refractivity contribution in [3.05, 3.63) is 29.8 Å². The number of hydrogen-bond acceptors (Lipinski definition) is 3. The van der Waals surface area contributed by atoms with Crippen LogP contribution in [0, 0.1) is 0 Å². The summed E-state index contributed by atoms with van der Waals surface area (Å²) in [5.41, 5.74) is 1.12. The molecular formula is C14H23N3OS. The van der Waals surface area contributed by atoms with Crippen molar-refractivity contribution in [1.82, 2.24) is 10.6 Å². The molecule has 4 nitrogen and oxygen atoms in total. The number of para-hydroxylation sites is 1. The molecule has 0 aliphatic carbocycles. The van der Waals surface area contributed by atoms with Crippen LogP contribution in [0.4, 0.5) is 0 Å². The molecule has 1 aromatic rings. The SMILES string of the molecule is CN=C(NCc1ccccc1OC)NCC(C)SC. The van der Waals surface area contributed by atoms with Gasteiger partial charge in [0, 0.05) is 31.0 Å². The van der Waals surface area contributed by atoms with E-state index in [9.17, 15) is 0 Å². The number of guanidine groups is 1. The van der Waals surface area contributed by atoms with Crippen molar-refractivity contribution in [3.63, 3.8) is 0 Å². The lowest BCUT2D eigenvalue weighted by Gasteiger charge is -2.15. The van der Waals surface area contributed by atoms with Crippen molar-refractivity contribution in [2.45, 2.75) is 18.7 Å². The molecule has 0 heterocycles. The zero-order valence-electron chi connectivity index (χ0n) is 12.1. The van der Waals surface area contributed by atoms with Crippen LogP contribution in [0.3, 0.4) is 0 Å². The molecule has 1 unspecified atom stereocenters. The molecule has 2 N–H and O–H groups in total. The quantitative estimate of drug-likeness (QED) is 0.619. The molecule has 0 saturated carbocycles. The fraction of sp³-hybridized carbons (Fsp3) is 0.500. The normalized spacial score (nSPS) is 12.9. The molecule has 1 aromatic carbocycles. The number of aliphatic imine (C=N–C) groups is 1. The van der Waals surface area contributed by atoms with Gasteiger partial charge in [-0.05, 0) is 12.3 Å². The van der Waals surface area contributed by atoms with Gasteiger partial charge in [-0.25, -0.2) is 0 Å². The van der Waals surface area contributed by atoms with Gasteiger partial charge < -0.3 is 15.4 Å². The van der Waals surface area contributed by atoms with E-state index in [1.165, 1.54) is 0 Å². The predicted octanol–water partition coefficient (Wildman–Crippen LogP) is 2.11. The minimum absolute atomic E-state index is 0.560. The molecular weight excluding hydrogens is 258 g/mol. The number of nitrogens with zero attached hydrogens (tertiary/aromatic N) is 1. The smallest absolute Gasteiger partial charge is 0.191 e. The molecule has 0 fully saturated rings. The Morgan fingerprint density at radius 3 is 2.74 bits per heavy atom. The molecule has 0 bridgehead atoms. The highest BCUT2D eigenvalue weighted by atomic mass is 32.2. The summed E-state index contributed by atoms with van der Waals surface area (Å²) in [5, 5.41) is 7.15. The minimum Gasteiger partial charge on any atom is -0.496 e. The van der Waals surface area contributed by atoms with E-state index in [1.54, 1.807) is 14.2 Å². The Labute approximate surface area is 120 Å². The third-order valence-corrected chi connectivity index (χ3v) is 3.79. The lowest BCUT2D eigenvalue weighted by Crippen LogP contribution is -2.39. The molecule has 0 aromatic heterocycles. The number of nitrogens with one attached hydrogen (secondary N) is 2. The van der Waals surface area contributed by atoms with E-state index >= 15 is 0 Å². The maximum absolute atomic E-state index is 5.32. The standard InChI is InChI=1S/C14H23N3OS/c1-11(19-4)9-16-14(15-2)17-10-12-7-5-6-8-13(12)18-3/h5-8,11H,9-10H2,1-4H3,(H2,15,16,17). The van der Waals surface area contributed by atoms with E-state index in [-0.39, 0.29) is 0 Å². The van der Waals surface area contributed by atoms with Gasteiger partial charge in [0.1, 0.15) is 5.75 Å². The highest BCUT2D eigenvalue weighted by Gasteiger charge is 2.04. The van der Waals surface area contributed by atoms with Gasteiger partial charge in [0.15, 0.2) is 5.96 Å². The zero-order chi connectivity index (χ0) is 14.1. The summed E-state index contributed by atoms with van der Waals surface area (Å²) in [6, 6.07) is 7.98. The van der Waals surface area contributed by atoms with E-state index in [0.717, 1.165) is 23.8 Å². The van der Waals surface area contributed by atoms with Gasteiger partial charge in [0.05, 0.1) is 7.11 Å². The first-order valence-electron chi connectivity index (χ1n) is 6.30. The largest absolute Gasteiger partial charge is 0.496 e. The lowest BCUT2D eigenvalue weighted by molar-refractivity contribution is 0.409. The second-order valence-electron chi connectivity index (χ2n) is 4.16. The molecule has 19 heavy (non-hydrogen) atoms. The minimum atomic E-state index is 0.560.